The summed E-state index contributed by atoms with van der Waals surface area (Å²) >= 11 is 0. The summed E-state index contributed by atoms with van der Waals surface area (Å²) in [6.45, 7) is 5.79. The van der Waals surface area contributed by atoms with E-state index in [1.807, 2.05) is 0 Å². The first-order valence-corrected chi connectivity index (χ1v) is 7.81. The Kier molecular flexibility index (Phi) is 8.35. The fourth-order valence-electron chi connectivity index (χ4n) is 2.49. The molecule has 1 aliphatic heterocycles. The van der Waals surface area contributed by atoms with Crippen LogP contribution in [-0.2, 0) is 4.74 Å². The minimum absolute atomic E-state index is 0.158. The molecule has 1 rings (SSSR count). The van der Waals surface area contributed by atoms with Gasteiger partial charge in [-0.15, -0.1) is 6.58 Å². The fraction of sp³-hybridized carbons (Fsp3) is 0.875. The summed E-state index contributed by atoms with van der Waals surface area (Å²) in [5, 5.41) is 19.4. The van der Waals surface area contributed by atoms with Crippen molar-refractivity contribution in [2.24, 2.45) is 0 Å². The van der Waals surface area contributed by atoms with Crippen molar-refractivity contribution < 1.29 is 14.9 Å². The zero-order valence-corrected chi connectivity index (χ0v) is 12.3. The van der Waals surface area contributed by atoms with Gasteiger partial charge in [-0.25, -0.2) is 0 Å². The molecule has 0 aromatic carbocycles. The molecular formula is C16H30O3. The number of aliphatic hydroxyl groups is 2. The molecule has 1 fully saturated rings. The highest BCUT2D eigenvalue weighted by atomic mass is 16.6. The lowest BCUT2D eigenvalue weighted by Gasteiger charge is -2.14. The molecule has 1 aliphatic rings. The summed E-state index contributed by atoms with van der Waals surface area (Å²) in [6.07, 6.45) is 10.6. The number of epoxide rings is 1. The summed E-state index contributed by atoms with van der Waals surface area (Å²) in [6, 6.07) is 0. The molecule has 4 atom stereocenters. The Morgan fingerprint density at radius 2 is 1.74 bits per heavy atom. The number of hydrogen-bond acceptors (Lipinski definition) is 3. The predicted octanol–water partition coefficient (Wildman–Crippen LogP) is 3.19. The average Bonchev–Trinajstić information content (AvgIpc) is 3.12. The lowest BCUT2D eigenvalue weighted by molar-refractivity contribution is 0.0126. The van der Waals surface area contributed by atoms with Crippen LogP contribution in [-0.4, -0.2) is 34.6 Å². The van der Waals surface area contributed by atoms with Crippen molar-refractivity contribution >= 4 is 0 Å². The number of ether oxygens (including phenoxy) is 1. The molecule has 0 aromatic rings. The number of unbranched alkanes of at least 4 members (excludes halogenated alkanes) is 5. The standard InChI is InChI=1S/C16H30O3/c1-3-5-6-7-8-9-11-15-16(19-15)12-14(18)13(17)10-4-2/h4,13-18H,2-3,5-12H2,1H3. The highest BCUT2D eigenvalue weighted by molar-refractivity contribution is 4.89. The van der Waals surface area contributed by atoms with Gasteiger partial charge < -0.3 is 14.9 Å². The van der Waals surface area contributed by atoms with Gasteiger partial charge in [0.05, 0.1) is 24.4 Å². The first-order valence-electron chi connectivity index (χ1n) is 7.81. The van der Waals surface area contributed by atoms with E-state index < -0.39 is 12.2 Å². The van der Waals surface area contributed by atoms with Gasteiger partial charge in [0.15, 0.2) is 0 Å². The highest BCUT2D eigenvalue weighted by Crippen LogP contribution is 2.32. The van der Waals surface area contributed by atoms with Crippen LogP contribution in [0.5, 0.6) is 0 Å². The minimum atomic E-state index is -0.698. The predicted molar refractivity (Wildman–Crippen MR) is 78.1 cm³/mol. The van der Waals surface area contributed by atoms with E-state index in [4.69, 9.17) is 4.74 Å². The van der Waals surface area contributed by atoms with E-state index in [9.17, 15) is 10.2 Å². The van der Waals surface area contributed by atoms with Crippen LogP contribution in [0.15, 0.2) is 12.7 Å². The Hall–Kier alpha value is -0.380. The van der Waals surface area contributed by atoms with Gasteiger partial charge >= 0.3 is 0 Å². The normalized spacial score (nSPS) is 25.0. The molecule has 1 heterocycles. The van der Waals surface area contributed by atoms with Gasteiger partial charge in [0.2, 0.25) is 0 Å². The Labute approximate surface area is 117 Å². The van der Waals surface area contributed by atoms with Crippen molar-refractivity contribution in [3.8, 4) is 0 Å². The second kappa shape index (κ2) is 9.51. The van der Waals surface area contributed by atoms with Gasteiger partial charge in [-0.05, 0) is 12.8 Å². The molecule has 0 spiro atoms. The third-order valence-electron chi connectivity index (χ3n) is 3.86. The molecule has 3 nitrogen and oxygen atoms in total. The second-order valence-electron chi connectivity index (χ2n) is 5.66. The summed E-state index contributed by atoms with van der Waals surface area (Å²) < 4.78 is 5.55. The Morgan fingerprint density at radius 1 is 1.05 bits per heavy atom. The summed E-state index contributed by atoms with van der Waals surface area (Å²) in [5.41, 5.74) is 0. The molecule has 19 heavy (non-hydrogen) atoms. The SMILES string of the molecule is C=CCC(O)C(O)CC1OC1CCCCCCCC. The van der Waals surface area contributed by atoms with Gasteiger partial charge in [-0.2, -0.15) is 0 Å². The molecule has 0 bridgehead atoms. The lowest BCUT2D eigenvalue weighted by atomic mass is 10.0. The van der Waals surface area contributed by atoms with Crippen molar-refractivity contribution in [1.82, 2.24) is 0 Å². The molecule has 2 N–H and O–H groups in total. The molecule has 0 amide bonds. The molecule has 1 saturated heterocycles. The lowest BCUT2D eigenvalue weighted by Crippen LogP contribution is -2.27. The maximum atomic E-state index is 9.77. The molecule has 0 aromatic heterocycles. The first-order chi connectivity index (χ1) is 9.19. The topological polar surface area (TPSA) is 53.0 Å². The van der Waals surface area contributed by atoms with Crippen molar-refractivity contribution in [2.45, 2.75) is 89.1 Å². The zero-order chi connectivity index (χ0) is 14.1. The minimum Gasteiger partial charge on any atom is -0.390 e. The Balaban J connectivity index is 1.97. The van der Waals surface area contributed by atoms with Crippen LogP contribution in [0.3, 0.4) is 0 Å². The van der Waals surface area contributed by atoms with Crippen LogP contribution in [0.1, 0.15) is 64.7 Å². The number of rotatable bonds is 12. The smallest absolute Gasteiger partial charge is 0.0867 e. The molecular weight excluding hydrogens is 240 g/mol. The maximum absolute atomic E-state index is 9.77. The van der Waals surface area contributed by atoms with E-state index in [-0.39, 0.29) is 6.10 Å². The molecule has 3 heteroatoms. The van der Waals surface area contributed by atoms with Gasteiger partial charge in [0.25, 0.3) is 0 Å². The van der Waals surface area contributed by atoms with E-state index in [1.54, 1.807) is 6.08 Å². The van der Waals surface area contributed by atoms with E-state index >= 15 is 0 Å². The number of aliphatic hydroxyl groups excluding tert-OH is 2. The van der Waals surface area contributed by atoms with Crippen LogP contribution in [0, 0.1) is 0 Å². The van der Waals surface area contributed by atoms with Gasteiger partial charge in [0, 0.05) is 6.42 Å². The summed E-state index contributed by atoms with van der Waals surface area (Å²) in [5.74, 6) is 0. The van der Waals surface area contributed by atoms with E-state index in [0.29, 0.717) is 18.9 Å². The summed E-state index contributed by atoms with van der Waals surface area (Å²) in [4.78, 5) is 0. The van der Waals surface area contributed by atoms with Gasteiger partial charge in [-0.1, -0.05) is 51.5 Å². The monoisotopic (exact) mass is 270 g/mol. The quantitative estimate of drug-likeness (QED) is 0.325. The van der Waals surface area contributed by atoms with Crippen molar-refractivity contribution in [1.29, 1.82) is 0 Å². The highest BCUT2D eigenvalue weighted by Gasteiger charge is 2.40. The molecule has 0 aliphatic carbocycles. The largest absolute Gasteiger partial charge is 0.390 e. The Morgan fingerprint density at radius 3 is 2.42 bits per heavy atom. The third-order valence-corrected chi connectivity index (χ3v) is 3.86. The second-order valence-corrected chi connectivity index (χ2v) is 5.66. The van der Waals surface area contributed by atoms with Crippen LogP contribution < -0.4 is 0 Å². The molecule has 4 unspecified atom stereocenters. The van der Waals surface area contributed by atoms with Crippen LogP contribution in [0.4, 0.5) is 0 Å². The fourth-order valence-corrected chi connectivity index (χ4v) is 2.49. The van der Waals surface area contributed by atoms with Crippen molar-refractivity contribution in [2.75, 3.05) is 0 Å². The molecule has 0 saturated carbocycles. The zero-order valence-electron chi connectivity index (χ0n) is 12.3. The van der Waals surface area contributed by atoms with Crippen molar-refractivity contribution in [3.63, 3.8) is 0 Å². The number of hydrogen-bond donors (Lipinski definition) is 2. The van der Waals surface area contributed by atoms with Crippen molar-refractivity contribution in [3.05, 3.63) is 12.7 Å². The first kappa shape index (κ1) is 16.7. The van der Waals surface area contributed by atoms with Gasteiger partial charge in [0.1, 0.15) is 0 Å². The molecule has 0 radical (unpaired) electrons. The van der Waals surface area contributed by atoms with E-state index in [0.717, 1.165) is 6.42 Å². The molecule has 112 valence electrons. The third kappa shape index (κ3) is 7.09. The summed E-state index contributed by atoms with van der Waals surface area (Å²) in [7, 11) is 0. The maximum Gasteiger partial charge on any atom is 0.0867 e. The van der Waals surface area contributed by atoms with Gasteiger partial charge in [-0.3, -0.25) is 0 Å². The van der Waals surface area contributed by atoms with Crippen LogP contribution >= 0.6 is 0 Å². The van der Waals surface area contributed by atoms with E-state index in [1.165, 1.54) is 38.5 Å². The van der Waals surface area contributed by atoms with Crippen LogP contribution in [0.2, 0.25) is 0 Å². The van der Waals surface area contributed by atoms with Crippen LogP contribution in [0.25, 0.3) is 0 Å². The average molecular weight is 270 g/mol. The Bertz CT molecular complexity index is 242. The van der Waals surface area contributed by atoms with E-state index in [2.05, 4.69) is 13.5 Å².